The molecular formula is C41H27N3O. The van der Waals surface area contributed by atoms with Crippen molar-refractivity contribution in [2.24, 2.45) is 0 Å². The van der Waals surface area contributed by atoms with E-state index in [1.54, 1.807) is 0 Å². The predicted molar refractivity (Wildman–Crippen MR) is 182 cm³/mol. The second-order valence-electron chi connectivity index (χ2n) is 10.9. The molecule has 2 heterocycles. The van der Waals surface area contributed by atoms with E-state index in [4.69, 9.17) is 19.4 Å². The SMILES string of the molecule is c1ccc(-c2ccc(-c3nc(-c4ccccc4)cc(-c4cccc(-c5ccc6oc(-c7ccccc7)nc6c5)c4)n3)cc2)cc1. The predicted octanol–water partition coefficient (Wildman–Crippen LogP) is 10.6. The van der Waals surface area contributed by atoms with Gasteiger partial charge in [0, 0.05) is 22.3 Å². The van der Waals surface area contributed by atoms with Gasteiger partial charge in [-0.15, -0.1) is 0 Å². The summed E-state index contributed by atoms with van der Waals surface area (Å²) in [6.45, 7) is 0. The summed E-state index contributed by atoms with van der Waals surface area (Å²) in [5.41, 5.74) is 11.8. The molecule has 8 aromatic rings. The Morgan fingerprint density at radius 1 is 0.333 bits per heavy atom. The van der Waals surface area contributed by atoms with Crippen LogP contribution in [-0.2, 0) is 0 Å². The number of fused-ring (bicyclic) bond motifs is 1. The standard InChI is InChI=1S/C41H27N3O/c1-4-11-28(12-5-1)29-19-21-31(22-20-29)40-42-36(30-13-6-2-7-14-30)27-37(43-40)35-18-10-17-33(25-35)34-23-24-39-38(26-34)44-41(45-39)32-15-8-3-9-16-32/h1-27H. The third-order valence-corrected chi connectivity index (χ3v) is 7.95. The van der Waals surface area contributed by atoms with Gasteiger partial charge in [0.2, 0.25) is 5.89 Å². The van der Waals surface area contributed by atoms with Crippen LogP contribution < -0.4 is 0 Å². The smallest absolute Gasteiger partial charge is 0.227 e. The minimum Gasteiger partial charge on any atom is -0.436 e. The van der Waals surface area contributed by atoms with Gasteiger partial charge in [-0.3, -0.25) is 0 Å². The molecule has 0 saturated heterocycles. The van der Waals surface area contributed by atoms with Crippen LogP contribution in [0.5, 0.6) is 0 Å². The van der Waals surface area contributed by atoms with Crippen LogP contribution in [0.3, 0.4) is 0 Å². The number of rotatable bonds is 6. The Labute approximate surface area is 261 Å². The number of oxazole rings is 1. The molecule has 0 spiro atoms. The first-order valence-electron chi connectivity index (χ1n) is 14.9. The van der Waals surface area contributed by atoms with E-state index < -0.39 is 0 Å². The van der Waals surface area contributed by atoms with Crippen molar-refractivity contribution in [1.82, 2.24) is 15.0 Å². The van der Waals surface area contributed by atoms with E-state index in [0.717, 1.165) is 61.4 Å². The van der Waals surface area contributed by atoms with Crippen molar-refractivity contribution in [3.8, 4) is 67.6 Å². The molecule has 0 aliphatic heterocycles. The monoisotopic (exact) mass is 577 g/mol. The van der Waals surface area contributed by atoms with Gasteiger partial charge in [-0.1, -0.05) is 127 Å². The summed E-state index contributed by atoms with van der Waals surface area (Å²) in [6, 6.07) is 55.8. The van der Waals surface area contributed by atoms with Crippen LogP contribution >= 0.6 is 0 Å². The molecule has 0 aliphatic carbocycles. The lowest BCUT2D eigenvalue weighted by Gasteiger charge is -2.11. The topological polar surface area (TPSA) is 51.8 Å². The van der Waals surface area contributed by atoms with Gasteiger partial charge in [0.05, 0.1) is 11.4 Å². The highest BCUT2D eigenvalue weighted by Crippen LogP contribution is 2.33. The fraction of sp³-hybridized carbons (Fsp3) is 0. The van der Waals surface area contributed by atoms with Gasteiger partial charge in [0.1, 0.15) is 5.52 Å². The van der Waals surface area contributed by atoms with E-state index in [9.17, 15) is 0 Å². The largest absolute Gasteiger partial charge is 0.436 e. The summed E-state index contributed by atoms with van der Waals surface area (Å²) in [5, 5.41) is 0. The van der Waals surface area contributed by atoms with Crippen LogP contribution in [0, 0.1) is 0 Å². The molecule has 4 heteroatoms. The van der Waals surface area contributed by atoms with E-state index in [-0.39, 0.29) is 0 Å². The molecular weight excluding hydrogens is 550 g/mol. The van der Waals surface area contributed by atoms with Crippen LogP contribution in [-0.4, -0.2) is 15.0 Å². The summed E-state index contributed by atoms with van der Waals surface area (Å²) in [7, 11) is 0. The summed E-state index contributed by atoms with van der Waals surface area (Å²) < 4.78 is 6.05. The van der Waals surface area contributed by atoms with Gasteiger partial charge in [-0.05, 0) is 58.7 Å². The first kappa shape index (κ1) is 26.5. The van der Waals surface area contributed by atoms with Gasteiger partial charge in [0.25, 0.3) is 0 Å². The van der Waals surface area contributed by atoms with Crippen LogP contribution in [0.2, 0.25) is 0 Å². The molecule has 6 aromatic carbocycles. The Balaban J connectivity index is 1.18. The van der Waals surface area contributed by atoms with Crippen molar-refractivity contribution in [2.75, 3.05) is 0 Å². The molecule has 0 amide bonds. The molecule has 8 rings (SSSR count). The number of hydrogen-bond acceptors (Lipinski definition) is 4. The molecule has 0 fully saturated rings. The molecule has 0 unspecified atom stereocenters. The van der Waals surface area contributed by atoms with E-state index in [1.807, 2.05) is 60.7 Å². The lowest BCUT2D eigenvalue weighted by molar-refractivity contribution is 0.620. The Bertz CT molecular complexity index is 2240. The summed E-state index contributed by atoms with van der Waals surface area (Å²) in [4.78, 5) is 14.9. The van der Waals surface area contributed by atoms with Gasteiger partial charge >= 0.3 is 0 Å². The highest BCUT2D eigenvalue weighted by atomic mass is 16.3. The zero-order valence-corrected chi connectivity index (χ0v) is 24.3. The fourth-order valence-electron chi connectivity index (χ4n) is 5.59. The zero-order valence-electron chi connectivity index (χ0n) is 24.3. The van der Waals surface area contributed by atoms with Crippen LogP contribution in [0.15, 0.2) is 168 Å². The Kier molecular flexibility index (Phi) is 6.78. The first-order valence-corrected chi connectivity index (χ1v) is 14.9. The zero-order chi connectivity index (χ0) is 30.0. The summed E-state index contributed by atoms with van der Waals surface area (Å²) >= 11 is 0. The molecule has 0 aliphatic rings. The molecule has 212 valence electrons. The molecule has 0 radical (unpaired) electrons. The molecule has 0 bridgehead atoms. The van der Waals surface area contributed by atoms with E-state index in [0.29, 0.717) is 11.7 Å². The average molecular weight is 578 g/mol. The summed E-state index contributed by atoms with van der Waals surface area (Å²) in [5.74, 6) is 1.31. The van der Waals surface area contributed by atoms with Crippen LogP contribution in [0.25, 0.3) is 78.7 Å². The molecule has 0 saturated carbocycles. The maximum Gasteiger partial charge on any atom is 0.227 e. The van der Waals surface area contributed by atoms with Gasteiger partial charge in [-0.2, -0.15) is 0 Å². The summed E-state index contributed by atoms with van der Waals surface area (Å²) in [6.07, 6.45) is 0. The van der Waals surface area contributed by atoms with Crippen LogP contribution in [0.4, 0.5) is 0 Å². The Morgan fingerprint density at radius 2 is 0.844 bits per heavy atom. The lowest BCUT2D eigenvalue weighted by Crippen LogP contribution is -1.96. The van der Waals surface area contributed by atoms with Crippen molar-refractivity contribution in [2.45, 2.75) is 0 Å². The van der Waals surface area contributed by atoms with Gasteiger partial charge < -0.3 is 4.42 Å². The Morgan fingerprint density at radius 3 is 1.56 bits per heavy atom. The van der Waals surface area contributed by atoms with Crippen molar-refractivity contribution >= 4 is 11.1 Å². The number of benzene rings is 6. The average Bonchev–Trinajstić information content (AvgIpc) is 3.57. The maximum absolute atomic E-state index is 6.05. The third-order valence-electron chi connectivity index (χ3n) is 7.95. The molecule has 0 atom stereocenters. The highest BCUT2D eigenvalue weighted by molar-refractivity contribution is 5.84. The van der Waals surface area contributed by atoms with Crippen LogP contribution in [0.1, 0.15) is 0 Å². The molecule has 2 aromatic heterocycles. The molecule has 0 N–H and O–H groups in total. The normalized spacial score (nSPS) is 11.1. The van der Waals surface area contributed by atoms with Crippen molar-refractivity contribution in [3.63, 3.8) is 0 Å². The van der Waals surface area contributed by atoms with Crippen molar-refractivity contribution in [3.05, 3.63) is 164 Å². The third kappa shape index (κ3) is 5.41. The maximum atomic E-state index is 6.05. The number of aromatic nitrogens is 3. The van der Waals surface area contributed by atoms with Gasteiger partial charge in [0.15, 0.2) is 11.4 Å². The second kappa shape index (κ2) is 11.5. The van der Waals surface area contributed by atoms with Crippen molar-refractivity contribution in [1.29, 1.82) is 0 Å². The van der Waals surface area contributed by atoms with E-state index in [2.05, 4.69) is 103 Å². The van der Waals surface area contributed by atoms with E-state index >= 15 is 0 Å². The fourth-order valence-corrected chi connectivity index (χ4v) is 5.59. The van der Waals surface area contributed by atoms with Crippen molar-refractivity contribution < 1.29 is 4.42 Å². The minimum atomic E-state index is 0.621. The highest BCUT2D eigenvalue weighted by Gasteiger charge is 2.13. The minimum absolute atomic E-state index is 0.621. The number of hydrogen-bond donors (Lipinski definition) is 0. The lowest BCUT2D eigenvalue weighted by atomic mass is 10.00. The van der Waals surface area contributed by atoms with E-state index in [1.165, 1.54) is 5.56 Å². The number of nitrogens with zero attached hydrogens (tertiary/aromatic N) is 3. The second-order valence-corrected chi connectivity index (χ2v) is 10.9. The Hall–Kier alpha value is -6.13. The quantitative estimate of drug-likeness (QED) is 0.197. The molecule has 4 nitrogen and oxygen atoms in total. The first-order chi connectivity index (χ1) is 22.3. The van der Waals surface area contributed by atoms with Gasteiger partial charge in [-0.25, -0.2) is 15.0 Å². The molecule has 45 heavy (non-hydrogen) atoms.